The molecule has 0 atom stereocenters. The number of hydrogen-bond acceptors (Lipinski definition) is 5. The molecule has 2 N–H and O–H groups in total. The molecule has 0 saturated heterocycles. The summed E-state index contributed by atoms with van der Waals surface area (Å²) in [7, 11) is 0. The van der Waals surface area contributed by atoms with E-state index in [1.165, 1.54) is 11.3 Å². The zero-order chi connectivity index (χ0) is 14.1. The first-order valence-corrected chi connectivity index (χ1v) is 7.09. The molecule has 2 aliphatic heterocycles. The number of carbonyl (C=O) groups excluding carboxylic acids is 1. The van der Waals surface area contributed by atoms with Crippen LogP contribution in [0.25, 0.3) is 0 Å². The van der Waals surface area contributed by atoms with Crippen LogP contribution in [0.2, 0.25) is 0 Å². The van der Waals surface area contributed by atoms with Gasteiger partial charge in [-0.3, -0.25) is 4.79 Å². The largest absolute Gasteiger partial charge is 0.395 e. The molecule has 0 spiro atoms. The lowest BCUT2D eigenvalue weighted by molar-refractivity contribution is 0.0895. The van der Waals surface area contributed by atoms with Gasteiger partial charge in [-0.25, -0.2) is 8.78 Å². The maximum absolute atomic E-state index is 12.2. The summed E-state index contributed by atoms with van der Waals surface area (Å²) in [5, 5.41) is 9.43. The average Bonchev–Trinajstić information content (AvgIpc) is 3.10. The van der Waals surface area contributed by atoms with E-state index in [4.69, 9.17) is 4.84 Å². The van der Waals surface area contributed by atoms with Gasteiger partial charge in [0.05, 0.1) is 12.3 Å². The molecule has 8 heteroatoms. The molecule has 1 amide bonds. The van der Waals surface area contributed by atoms with Crippen LogP contribution in [0.5, 0.6) is 0 Å². The highest BCUT2D eigenvalue weighted by Crippen LogP contribution is 2.34. The van der Waals surface area contributed by atoms with Gasteiger partial charge in [0.1, 0.15) is 11.5 Å². The summed E-state index contributed by atoms with van der Waals surface area (Å²) >= 11 is 1.34. The van der Waals surface area contributed by atoms with E-state index in [1.807, 2.05) is 0 Å². The molecule has 0 unspecified atom stereocenters. The topological polar surface area (TPSA) is 62.7 Å². The third-order valence-corrected chi connectivity index (χ3v) is 4.43. The Morgan fingerprint density at radius 2 is 2.35 bits per heavy atom. The fourth-order valence-corrected chi connectivity index (χ4v) is 3.57. The zero-order valence-electron chi connectivity index (χ0n) is 10.5. The lowest BCUT2D eigenvalue weighted by atomic mass is 10.0. The van der Waals surface area contributed by atoms with E-state index in [0.717, 1.165) is 21.7 Å². The maximum atomic E-state index is 12.2. The van der Waals surface area contributed by atoms with E-state index >= 15 is 0 Å². The summed E-state index contributed by atoms with van der Waals surface area (Å²) in [5.41, 5.74) is 2.54. The van der Waals surface area contributed by atoms with Crippen molar-refractivity contribution < 1.29 is 18.4 Å². The Kier molecular flexibility index (Phi) is 3.66. The molecule has 0 bridgehead atoms. The molecule has 0 aliphatic carbocycles. The summed E-state index contributed by atoms with van der Waals surface area (Å²) in [5.74, 6) is -0.464. The van der Waals surface area contributed by atoms with E-state index in [1.54, 1.807) is 0 Å². The molecule has 0 saturated carbocycles. The fraction of sp³-hybridized carbons (Fsp3) is 0.500. The molecular formula is C12H13F2N3O2S. The number of halogens is 2. The molecule has 0 fully saturated rings. The van der Waals surface area contributed by atoms with Crippen LogP contribution in [0, 0.1) is 0 Å². The number of nitrogens with one attached hydrogen (secondary N) is 2. The predicted octanol–water partition coefficient (Wildman–Crippen LogP) is 1.47. The minimum Gasteiger partial charge on any atom is -0.395 e. The van der Waals surface area contributed by atoms with Crippen molar-refractivity contribution in [2.24, 2.45) is 5.16 Å². The van der Waals surface area contributed by atoms with Crippen LogP contribution in [-0.4, -0.2) is 31.2 Å². The molecule has 0 radical (unpaired) electrons. The number of amides is 1. The van der Waals surface area contributed by atoms with Crippen molar-refractivity contribution in [2.75, 3.05) is 13.2 Å². The Balaban J connectivity index is 1.92. The first kappa shape index (κ1) is 13.4. The summed E-state index contributed by atoms with van der Waals surface area (Å²) in [6, 6.07) is 0. The second kappa shape index (κ2) is 5.45. The molecule has 3 heterocycles. The first-order chi connectivity index (χ1) is 9.66. The van der Waals surface area contributed by atoms with Gasteiger partial charge >= 0.3 is 0 Å². The highest BCUT2D eigenvalue weighted by molar-refractivity contribution is 7.14. The van der Waals surface area contributed by atoms with E-state index in [-0.39, 0.29) is 0 Å². The van der Waals surface area contributed by atoms with Crippen molar-refractivity contribution in [2.45, 2.75) is 25.9 Å². The van der Waals surface area contributed by atoms with Crippen LogP contribution >= 0.6 is 11.3 Å². The maximum Gasteiger partial charge on any atom is 0.262 e. The van der Waals surface area contributed by atoms with Gasteiger partial charge < -0.3 is 15.5 Å². The normalized spacial score (nSPS) is 17.1. The minimum absolute atomic E-state index is 0.460. The lowest BCUT2D eigenvalue weighted by Gasteiger charge is -2.06. The molecule has 3 rings (SSSR count). The highest BCUT2D eigenvalue weighted by atomic mass is 32.1. The second-order valence-electron chi connectivity index (χ2n) is 4.53. The third-order valence-electron chi connectivity index (χ3n) is 3.19. The number of alkyl halides is 2. The Hall–Kier alpha value is -1.54. The first-order valence-electron chi connectivity index (χ1n) is 6.27. The number of hydrogen-bond donors (Lipinski definition) is 2. The van der Waals surface area contributed by atoms with Gasteiger partial charge in [-0.2, -0.15) is 0 Å². The van der Waals surface area contributed by atoms with Crippen LogP contribution < -0.4 is 10.6 Å². The van der Waals surface area contributed by atoms with Gasteiger partial charge in [-0.05, 0) is 5.56 Å². The monoisotopic (exact) mass is 301 g/mol. The quantitative estimate of drug-likeness (QED) is 0.885. The number of nitrogens with zero attached hydrogens (tertiary/aromatic N) is 1. The van der Waals surface area contributed by atoms with Crippen molar-refractivity contribution >= 4 is 23.0 Å². The fourth-order valence-electron chi connectivity index (χ4n) is 2.34. The van der Waals surface area contributed by atoms with Crippen LogP contribution in [0.4, 0.5) is 8.78 Å². The smallest absolute Gasteiger partial charge is 0.262 e. The number of fused-ring (bicyclic) bond motifs is 1. The van der Waals surface area contributed by atoms with Crippen molar-refractivity contribution in [1.29, 1.82) is 0 Å². The number of oxime groups is 1. The predicted molar refractivity (Wildman–Crippen MR) is 70.3 cm³/mol. The molecule has 5 nitrogen and oxygen atoms in total. The number of thiophene rings is 1. The van der Waals surface area contributed by atoms with Crippen LogP contribution in [0.3, 0.4) is 0 Å². The van der Waals surface area contributed by atoms with Crippen molar-refractivity contribution in [3.05, 3.63) is 20.9 Å². The van der Waals surface area contributed by atoms with Crippen LogP contribution in [0.1, 0.15) is 32.1 Å². The zero-order valence-corrected chi connectivity index (χ0v) is 11.4. The van der Waals surface area contributed by atoms with E-state index in [9.17, 15) is 13.6 Å². The van der Waals surface area contributed by atoms with Gasteiger partial charge in [0.25, 0.3) is 12.3 Å². The van der Waals surface area contributed by atoms with Crippen molar-refractivity contribution in [1.82, 2.24) is 10.6 Å². The second-order valence-corrected chi connectivity index (χ2v) is 5.64. The summed E-state index contributed by atoms with van der Waals surface area (Å²) in [4.78, 5) is 18.6. The van der Waals surface area contributed by atoms with Crippen molar-refractivity contribution in [3.8, 4) is 0 Å². The Morgan fingerprint density at radius 3 is 3.05 bits per heavy atom. The summed E-state index contributed by atoms with van der Waals surface area (Å²) in [6.45, 7) is 1.22. The van der Waals surface area contributed by atoms with E-state index < -0.39 is 18.9 Å². The average molecular weight is 301 g/mol. The minimum atomic E-state index is -2.55. The number of carbonyl (C=O) groups is 1. The molecule has 108 valence electrons. The van der Waals surface area contributed by atoms with E-state index in [0.29, 0.717) is 31.0 Å². The van der Waals surface area contributed by atoms with Gasteiger partial charge in [0.15, 0.2) is 0 Å². The highest BCUT2D eigenvalue weighted by Gasteiger charge is 2.29. The van der Waals surface area contributed by atoms with Gasteiger partial charge in [-0.1, -0.05) is 5.16 Å². The Bertz CT molecular complexity index is 571. The SMILES string of the molecule is O=C(NCC(F)F)c1sc2c(c1C1=NOCC1)CNC2. The van der Waals surface area contributed by atoms with Crippen molar-refractivity contribution in [3.63, 3.8) is 0 Å². The molecule has 20 heavy (non-hydrogen) atoms. The Morgan fingerprint density at radius 1 is 1.50 bits per heavy atom. The van der Waals surface area contributed by atoms with Gasteiger partial charge in [0, 0.05) is 30.0 Å². The standard InChI is InChI=1S/C12H13F2N3O2S/c13-9(14)5-16-12(18)11-10(7-1-2-19-17-7)6-3-15-4-8(6)20-11/h9,15H,1-5H2,(H,16,18). The molecule has 2 aliphatic rings. The van der Waals surface area contributed by atoms with Gasteiger partial charge in [-0.15, -0.1) is 11.3 Å². The molecule has 1 aromatic heterocycles. The molecule has 1 aromatic rings. The Labute approximate surface area is 118 Å². The van der Waals surface area contributed by atoms with Gasteiger partial charge in [0.2, 0.25) is 0 Å². The van der Waals surface area contributed by atoms with Crippen LogP contribution in [-0.2, 0) is 17.9 Å². The van der Waals surface area contributed by atoms with Crippen LogP contribution in [0.15, 0.2) is 5.16 Å². The molecule has 0 aromatic carbocycles. The summed E-state index contributed by atoms with van der Waals surface area (Å²) in [6.07, 6.45) is -1.92. The van der Waals surface area contributed by atoms with E-state index in [2.05, 4.69) is 15.8 Å². The molecular weight excluding hydrogens is 288 g/mol. The lowest BCUT2D eigenvalue weighted by Crippen LogP contribution is -2.29. The summed E-state index contributed by atoms with van der Waals surface area (Å²) < 4.78 is 24.4. The number of rotatable bonds is 4. The third kappa shape index (κ3) is 2.40.